The van der Waals surface area contributed by atoms with Gasteiger partial charge in [-0.3, -0.25) is 9.36 Å². The summed E-state index contributed by atoms with van der Waals surface area (Å²) in [5, 5.41) is 0.633. The Morgan fingerprint density at radius 3 is 2.48 bits per heavy atom. The summed E-state index contributed by atoms with van der Waals surface area (Å²) < 4.78 is 12.3. The molecule has 0 saturated carbocycles. The summed E-state index contributed by atoms with van der Waals surface area (Å²) in [6, 6.07) is 1.07. The molecule has 0 aliphatic heterocycles. The van der Waals surface area contributed by atoms with E-state index in [0.717, 1.165) is 6.04 Å². The third kappa shape index (κ3) is 5.78. The highest BCUT2D eigenvalue weighted by atomic mass is 32.2. The molecular weight excluding hydrogens is 332 g/mol. The van der Waals surface area contributed by atoms with Crippen LogP contribution in [0.25, 0.3) is 0 Å². The molecule has 130 valence electrons. The third-order valence-electron chi connectivity index (χ3n) is 3.20. The first-order chi connectivity index (χ1) is 10.7. The quantitative estimate of drug-likeness (QED) is 0.169. The van der Waals surface area contributed by atoms with E-state index >= 15 is 0 Å². The van der Waals surface area contributed by atoms with Gasteiger partial charge in [-0.1, -0.05) is 19.6 Å². The second-order valence-electron chi connectivity index (χ2n) is 6.34. The Morgan fingerprint density at radius 1 is 1.30 bits per heavy atom. The van der Waals surface area contributed by atoms with Crippen LogP contribution >= 0.6 is 11.8 Å². The van der Waals surface area contributed by atoms with Gasteiger partial charge in [-0.15, -0.1) is 11.8 Å². The lowest BCUT2D eigenvalue weighted by Crippen LogP contribution is -2.22. The van der Waals surface area contributed by atoms with Crippen molar-refractivity contribution in [3.05, 3.63) is 11.5 Å². The molecule has 1 aromatic rings. The van der Waals surface area contributed by atoms with E-state index in [-0.39, 0.29) is 12.3 Å². The smallest absolute Gasteiger partial charge is 0.381 e. The number of carbonyl (C=O) groups excluding carboxylic acids is 2. The molecular formula is C15H26N2O4SSi. The van der Waals surface area contributed by atoms with Crippen LogP contribution in [-0.4, -0.2) is 48.8 Å². The van der Waals surface area contributed by atoms with Gasteiger partial charge in [0.2, 0.25) is 0 Å². The summed E-state index contributed by atoms with van der Waals surface area (Å²) in [4.78, 5) is 28.0. The van der Waals surface area contributed by atoms with Crippen molar-refractivity contribution in [2.24, 2.45) is 0 Å². The maximum Gasteiger partial charge on any atom is 0.381 e. The highest BCUT2D eigenvalue weighted by molar-refractivity contribution is 7.98. The number of aryl methyl sites for hydroxylation is 1. The minimum atomic E-state index is -1.14. The number of ketones is 1. The van der Waals surface area contributed by atoms with Gasteiger partial charge in [-0.2, -0.15) is 0 Å². The highest BCUT2D eigenvalue weighted by Crippen LogP contribution is 2.23. The first-order valence-electron chi connectivity index (χ1n) is 7.61. The standard InChI is InChI=1S/C15H26N2O4SSi/c1-7-21-15(19)13(18)12-14(22-3)17(11(2)16-12)10-20-8-9-23(4,5)6/h7-10H2,1-6H3. The van der Waals surface area contributed by atoms with Crippen molar-refractivity contribution in [2.45, 2.75) is 51.3 Å². The van der Waals surface area contributed by atoms with E-state index < -0.39 is 19.8 Å². The second kappa shape index (κ2) is 8.65. The van der Waals surface area contributed by atoms with E-state index in [9.17, 15) is 9.59 Å². The molecule has 0 N–H and O–H groups in total. The van der Waals surface area contributed by atoms with Gasteiger partial charge in [0.05, 0.1) is 6.61 Å². The van der Waals surface area contributed by atoms with E-state index in [2.05, 4.69) is 24.6 Å². The van der Waals surface area contributed by atoms with E-state index in [0.29, 0.717) is 24.2 Å². The Labute approximate surface area is 143 Å². The topological polar surface area (TPSA) is 70.4 Å². The number of aromatic nitrogens is 2. The molecule has 0 aliphatic rings. The minimum absolute atomic E-state index is 0.141. The third-order valence-corrected chi connectivity index (χ3v) is 5.70. The van der Waals surface area contributed by atoms with Gasteiger partial charge in [0.15, 0.2) is 5.69 Å². The average molecular weight is 359 g/mol. The Morgan fingerprint density at radius 2 is 1.96 bits per heavy atom. The number of carbonyl (C=O) groups is 2. The van der Waals surface area contributed by atoms with Crippen molar-refractivity contribution in [1.29, 1.82) is 0 Å². The number of hydrogen-bond donors (Lipinski definition) is 0. The summed E-state index contributed by atoms with van der Waals surface area (Å²) in [6.45, 7) is 11.5. The van der Waals surface area contributed by atoms with Crippen LogP contribution in [0.15, 0.2) is 5.03 Å². The maximum atomic E-state index is 12.1. The molecule has 0 amide bonds. The van der Waals surface area contributed by atoms with Crippen LogP contribution in [0.4, 0.5) is 0 Å². The predicted octanol–water partition coefficient (Wildman–Crippen LogP) is 2.97. The molecule has 0 radical (unpaired) electrons. The highest BCUT2D eigenvalue weighted by Gasteiger charge is 2.26. The summed E-state index contributed by atoms with van der Waals surface area (Å²) >= 11 is 1.37. The summed E-state index contributed by atoms with van der Waals surface area (Å²) in [7, 11) is -1.14. The Kier molecular flexibility index (Phi) is 7.49. The molecule has 0 aliphatic carbocycles. The summed E-state index contributed by atoms with van der Waals surface area (Å²) in [6.07, 6.45) is 1.84. The zero-order valence-electron chi connectivity index (χ0n) is 14.8. The van der Waals surface area contributed by atoms with Gasteiger partial charge in [-0.05, 0) is 26.1 Å². The van der Waals surface area contributed by atoms with Gasteiger partial charge in [0.1, 0.15) is 17.6 Å². The molecule has 6 nitrogen and oxygen atoms in total. The molecule has 0 atom stereocenters. The van der Waals surface area contributed by atoms with Crippen LogP contribution in [-0.2, 0) is 21.0 Å². The molecule has 1 heterocycles. The zero-order chi connectivity index (χ0) is 17.6. The van der Waals surface area contributed by atoms with Gasteiger partial charge in [0, 0.05) is 14.7 Å². The van der Waals surface area contributed by atoms with Crippen LogP contribution in [0.5, 0.6) is 0 Å². The molecule has 0 fully saturated rings. The Hall–Kier alpha value is -1.12. The number of rotatable bonds is 9. The molecule has 0 bridgehead atoms. The molecule has 23 heavy (non-hydrogen) atoms. The number of thioether (sulfide) groups is 1. The van der Waals surface area contributed by atoms with E-state index in [4.69, 9.17) is 9.47 Å². The van der Waals surface area contributed by atoms with Gasteiger partial charge in [0.25, 0.3) is 5.78 Å². The van der Waals surface area contributed by atoms with Crippen LogP contribution in [0.2, 0.25) is 25.7 Å². The van der Waals surface area contributed by atoms with Crippen molar-refractivity contribution in [3.8, 4) is 0 Å². The minimum Gasteiger partial charge on any atom is -0.460 e. The molecule has 1 rings (SSSR count). The zero-order valence-corrected chi connectivity index (χ0v) is 16.6. The first kappa shape index (κ1) is 19.9. The van der Waals surface area contributed by atoms with Crippen molar-refractivity contribution in [1.82, 2.24) is 9.55 Å². The fraction of sp³-hybridized carbons (Fsp3) is 0.667. The Balaban J connectivity index is 2.85. The lowest BCUT2D eigenvalue weighted by Gasteiger charge is -2.16. The monoisotopic (exact) mass is 358 g/mol. The fourth-order valence-electron chi connectivity index (χ4n) is 1.88. The van der Waals surface area contributed by atoms with Crippen LogP contribution in [0.3, 0.4) is 0 Å². The van der Waals surface area contributed by atoms with Crippen LogP contribution < -0.4 is 0 Å². The molecule has 0 unspecified atom stereocenters. The van der Waals surface area contributed by atoms with E-state index in [1.807, 2.05) is 10.8 Å². The lowest BCUT2D eigenvalue weighted by molar-refractivity contribution is -0.137. The van der Waals surface area contributed by atoms with Gasteiger partial charge >= 0.3 is 5.97 Å². The summed E-state index contributed by atoms with van der Waals surface area (Å²) in [5.74, 6) is -0.928. The second-order valence-corrected chi connectivity index (χ2v) is 12.8. The SMILES string of the molecule is CCOC(=O)C(=O)c1nc(C)n(COCC[Si](C)(C)C)c1SC. The van der Waals surface area contributed by atoms with Gasteiger partial charge < -0.3 is 9.47 Å². The summed E-state index contributed by atoms with van der Waals surface area (Å²) in [5.41, 5.74) is 0.141. The predicted molar refractivity (Wildman–Crippen MR) is 93.8 cm³/mol. The van der Waals surface area contributed by atoms with E-state index in [1.54, 1.807) is 13.8 Å². The number of ether oxygens (including phenoxy) is 2. The number of nitrogens with zero attached hydrogens (tertiary/aromatic N) is 2. The maximum absolute atomic E-state index is 12.1. The number of Topliss-reactive ketones (excluding diaryl/α,β-unsaturated/α-hetero) is 1. The van der Waals surface area contributed by atoms with Gasteiger partial charge in [-0.25, -0.2) is 9.78 Å². The Bertz CT molecular complexity index is 567. The number of esters is 1. The molecule has 0 saturated heterocycles. The van der Waals surface area contributed by atoms with Crippen molar-refractivity contribution >= 4 is 31.6 Å². The molecule has 0 spiro atoms. The number of hydrogen-bond acceptors (Lipinski definition) is 6. The van der Waals surface area contributed by atoms with Crippen molar-refractivity contribution in [3.63, 3.8) is 0 Å². The van der Waals surface area contributed by atoms with Crippen molar-refractivity contribution in [2.75, 3.05) is 19.5 Å². The van der Waals surface area contributed by atoms with E-state index in [1.165, 1.54) is 11.8 Å². The largest absolute Gasteiger partial charge is 0.460 e. The normalized spacial score (nSPS) is 11.6. The number of imidazole rings is 1. The first-order valence-corrected chi connectivity index (χ1v) is 12.5. The van der Waals surface area contributed by atoms with Crippen LogP contribution in [0, 0.1) is 6.92 Å². The molecule has 8 heteroatoms. The fourth-order valence-corrected chi connectivity index (χ4v) is 3.37. The molecule has 0 aromatic carbocycles. The lowest BCUT2D eigenvalue weighted by atomic mass is 10.3. The van der Waals surface area contributed by atoms with Crippen molar-refractivity contribution < 1.29 is 19.1 Å². The molecule has 1 aromatic heterocycles. The van der Waals surface area contributed by atoms with Crippen LogP contribution in [0.1, 0.15) is 23.2 Å². The average Bonchev–Trinajstić information content (AvgIpc) is 2.78.